The highest BCUT2D eigenvalue weighted by molar-refractivity contribution is 6.13. The molecule has 32 heavy (non-hydrogen) atoms. The van der Waals surface area contributed by atoms with Crippen LogP contribution in [0.25, 0.3) is 49.7 Å². The summed E-state index contributed by atoms with van der Waals surface area (Å²) >= 11 is 0. The Morgan fingerprint density at radius 1 is 0.500 bits per heavy atom. The van der Waals surface area contributed by atoms with Gasteiger partial charge in [0.2, 0.25) is 0 Å². The van der Waals surface area contributed by atoms with Gasteiger partial charge in [0.05, 0.1) is 11.0 Å². The average Bonchev–Trinajstić information content (AvgIpc) is 3.20. The molecule has 0 amide bonds. The van der Waals surface area contributed by atoms with Crippen LogP contribution in [0.4, 0.5) is 0 Å². The Kier molecular flexibility index (Phi) is 4.40. The number of nitrogens with zero attached hydrogens (tertiary/aromatic N) is 1. The third kappa shape index (κ3) is 2.94. The zero-order valence-corrected chi connectivity index (χ0v) is 18.0. The predicted octanol–water partition coefficient (Wildman–Crippen LogP) is 8.43. The van der Waals surface area contributed by atoms with E-state index < -0.39 is 0 Å². The largest absolute Gasteiger partial charge is 0.309 e. The molecule has 0 aliphatic carbocycles. The first-order valence-corrected chi connectivity index (χ1v) is 11.1. The highest BCUT2D eigenvalue weighted by atomic mass is 15.0. The topological polar surface area (TPSA) is 4.93 Å². The van der Waals surface area contributed by atoms with E-state index in [1.54, 1.807) is 0 Å². The standard InChI is InChI=1S/C31H23N/c1-22-19-20-24(21-29(22)23-11-4-2-5-12-23)26-16-10-17-28-27-15-8-9-18-30(27)32(31(26)28)25-13-6-3-7-14-25/h2-21H,1H3. The van der Waals surface area contributed by atoms with Crippen molar-refractivity contribution in [3.63, 3.8) is 0 Å². The van der Waals surface area contributed by atoms with E-state index >= 15 is 0 Å². The molecule has 0 fully saturated rings. The highest BCUT2D eigenvalue weighted by Gasteiger charge is 2.16. The van der Waals surface area contributed by atoms with Gasteiger partial charge in [0.15, 0.2) is 0 Å². The zero-order chi connectivity index (χ0) is 21.5. The van der Waals surface area contributed by atoms with Gasteiger partial charge in [-0.1, -0.05) is 97.1 Å². The molecule has 0 spiro atoms. The summed E-state index contributed by atoms with van der Waals surface area (Å²) in [6.45, 7) is 2.19. The van der Waals surface area contributed by atoms with E-state index in [0.29, 0.717) is 0 Å². The second-order valence-corrected chi connectivity index (χ2v) is 8.29. The Bertz CT molecular complexity index is 1560. The highest BCUT2D eigenvalue weighted by Crippen LogP contribution is 2.39. The molecule has 1 nitrogen and oxygen atoms in total. The van der Waals surface area contributed by atoms with Crippen LogP contribution in [0.2, 0.25) is 0 Å². The summed E-state index contributed by atoms with van der Waals surface area (Å²) < 4.78 is 2.40. The lowest BCUT2D eigenvalue weighted by atomic mass is 9.94. The lowest BCUT2D eigenvalue weighted by molar-refractivity contribution is 1.18. The molecular formula is C31H23N. The van der Waals surface area contributed by atoms with Gasteiger partial charge in [0, 0.05) is 22.0 Å². The monoisotopic (exact) mass is 409 g/mol. The van der Waals surface area contributed by atoms with Crippen molar-refractivity contribution in [3.8, 4) is 27.9 Å². The van der Waals surface area contributed by atoms with Gasteiger partial charge in [0.25, 0.3) is 0 Å². The van der Waals surface area contributed by atoms with Crippen molar-refractivity contribution in [2.24, 2.45) is 0 Å². The molecular weight excluding hydrogens is 386 g/mol. The maximum absolute atomic E-state index is 2.40. The Balaban J connectivity index is 1.69. The lowest BCUT2D eigenvalue weighted by Crippen LogP contribution is -1.95. The fraction of sp³-hybridized carbons (Fsp3) is 0.0323. The second kappa shape index (κ2) is 7.55. The van der Waals surface area contributed by atoms with E-state index in [4.69, 9.17) is 0 Å². The van der Waals surface area contributed by atoms with Gasteiger partial charge < -0.3 is 4.57 Å². The molecule has 0 radical (unpaired) electrons. The summed E-state index contributed by atoms with van der Waals surface area (Å²) in [6, 6.07) is 43.5. The fourth-order valence-corrected chi connectivity index (χ4v) is 4.82. The molecule has 6 rings (SSSR count). The molecule has 0 saturated heterocycles. The van der Waals surface area contributed by atoms with E-state index in [0.717, 1.165) is 0 Å². The maximum atomic E-state index is 2.40. The minimum absolute atomic E-state index is 1.18. The SMILES string of the molecule is Cc1ccc(-c2cccc3c4ccccc4n(-c4ccccc4)c23)cc1-c1ccccc1. The molecule has 1 heterocycles. The lowest BCUT2D eigenvalue weighted by Gasteiger charge is -2.14. The molecule has 0 aliphatic heterocycles. The van der Waals surface area contributed by atoms with Crippen LogP contribution in [-0.2, 0) is 0 Å². The first-order valence-electron chi connectivity index (χ1n) is 11.1. The quantitative estimate of drug-likeness (QED) is 0.276. The summed E-state index contributed by atoms with van der Waals surface area (Å²) in [7, 11) is 0. The molecule has 0 unspecified atom stereocenters. The van der Waals surface area contributed by atoms with Crippen molar-refractivity contribution in [1.82, 2.24) is 4.57 Å². The van der Waals surface area contributed by atoms with Gasteiger partial charge in [0.1, 0.15) is 0 Å². The number of fused-ring (bicyclic) bond motifs is 3. The minimum atomic E-state index is 1.18. The van der Waals surface area contributed by atoms with Crippen LogP contribution in [-0.4, -0.2) is 4.57 Å². The molecule has 0 aliphatic rings. The van der Waals surface area contributed by atoms with Crippen molar-refractivity contribution >= 4 is 21.8 Å². The van der Waals surface area contributed by atoms with E-state index in [9.17, 15) is 0 Å². The number of benzene rings is 5. The van der Waals surface area contributed by atoms with Crippen LogP contribution in [0, 0.1) is 6.92 Å². The van der Waals surface area contributed by atoms with Crippen LogP contribution in [0.1, 0.15) is 5.56 Å². The molecule has 152 valence electrons. The van der Waals surface area contributed by atoms with Gasteiger partial charge >= 0.3 is 0 Å². The van der Waals surface area contributed by atoms with Crippen molar-refractivity contribution in [2.75, 3.05) is 0 Å². The molecule has 1 aromatic heterocycles. The van der Waals surface area contributed by atoms with Gasteiger partial charge in [-0.2, -0.15) is 0 Å². The molecule has 0 bridgehead atoms. The minimum Gasteiger partial charge on any atom is -0.309 e. The third-order valence-corrected chi connectivity index (χ3v) is 6.34. The Morgan fingerprint density at radius 2 is 1.19 bits per heavy atom. The molecule has 5 aromatic carbocycles. The molecule has 0 atom stereocenters. The zero-order valence-electron chi connectivity index (χ0n) is 18.0. The normalized spacial score (nSPS) is 11.3. The van der Waals surface area contributed by atoms with Crippen LogP contribution < -0.4 is 0 Å². The van der Waals surface area contributed by atoms with E-state index in [-0.39, 0.29) is 0 Å². The van der Waals surface area contributed by atoms with Crippen molar-refractivity contribution in [1.29, 1.82) is 0 Å². The second-order valence-electron chi connectivity index (χ2n) is 8.29. The maximum Gasteiger partial charge on any atom is 0.0619 e. The van der Waals surface area contributed by atoms with Crippen LogP contribution >= 0.6 is 0 Å². The van der Waals surface area contributed by atoms with Crippen molar-refractivity contribution in [3.05, 3.63) is 127 Å². The average molecular weight is 410 g/mol. The first kappa shape index (κ1) is 18.7. The molecule has 0 saturated carbocycles. The summed E-state index contributed by atoms with van der Waals surface area (Å²) in [5, 5.41) is 2.56. The number of para-hydroxylation sites is 3. The van der Waals surface area contributed by atoms with E-state index in [2.05, 4.69) is 133 Å². The summed E-state index contributed by atoms with van der Waals surface area (Å²) in [6.07, 6.45) is 0. The van der Waals surface area contributed by atoms with Crippen molar-refractivity contribution < 1.29 is 0 Å². The smallest absolute Gasteiger partial charge is 0.0619 e. The Labute approximate surface area is 188 Å². The van der Waals surface area contributed by atoms with E-state index in [1.807, 2.05) is 0 Å². The summed E-state index contributed by atoms with van der Waals surface area (Å²) in [4.78, 5) is 0. The van der Waals surface area contributed by atoms with Gasteiger partial charge in [-0.25, -0.2) is 0 Å². The Morgan fingerprint density at radius 3 is 2.00 bits per heavy atom. The predicted molar refractivity (Wildman–Crippen MR) is 136 cm³/mol. The van der Waals surface area contributed by atoms with Gasteiger partial charge in [-0.3, -0.25) is 0 Å². The number of hydrogen-bond donors (Lipinski definition) is 0. The van der Waals surface area contributed by atoms with Crippen LogP contribution in [0.5, 0.6) is 0 Å². The molecule has 0 N–H and O–H groups in total. The summed E-state index contributed by atoms with van der Waals surface area (Å²) in [5.41, 5.74) is 9.97. The van der Waals surface area contributed by atoms with Crippen LogP contribution in [0.3, 0.4) is 0 Å². The number of rotatable bonds is 3. The van der Waals surface area contributed by atoms with Gasteiger partial charge in [-0.05, 0) is 53.4 Å². The van der Waals surface area contributed by atoms with Gasteiger partial charge in [-0.15, -0.1) is 0 Å². The number of hydrogen-bond acceptors (Lipinski definition) is 0. The van der Waals surface area contributed by atoms with Crippen molar-refractivity contribution in [2.45, 2.75) is 6.92 Å². The first-order chi connectivity index (χ1) is 15.8. The number of aryl methyl sites for hydroxylation is 1. The fourth-order valence-electron chi connectivity index (χ4n) is 4.82. The number of aromatic nitrogens is 1. The van der Waals surface area contributed by atoms with E-state index in [1.165, 1.54) is 55.3 Å². The Hall–Kier alpha value is -4.10. The molecule has 6 aromatic rings. The third-order valence-electron chi connectivity index (χ3n) is 6.34. The van der Waals surface area contributed by atoms with Crippen LogP contribution in [0.15, 0.2) is 121 Å². The molecule has 1 heteroatoms. The summed E-state index contributed by atoms with van der Waals surface area (Å²) in [5.74, 6) is 0.